The van der Waals surface area contributed by atoms with E-state index in [1.165, 1.54) is 12.8 Å². The SMILES string of the molecule is O=C(O)[C@H]1NCCC1NC(=S)NC1CCCC1. The predicted octanol–water partition coefficient (Wildman–Crippen LogP) is 0.208. The molecule has 5 nitrogen and oxygen atoms in total. The van der Waals surface area contributed by atoms with E-state index in [1.807, 2.05) is 0 Å². The summed E-state index contributed by atoms with van der Waals surface area (Å²) in [5.74, 6) is -0.816. The fourth-order valence-corrected chi connectivity index (χ4v) is 2.90. The van der Waals surface area contributed by atoms with Gasteiger partial charge in [0, 0.05) is 6.04 Å². The zero-order valence-electron chi connectivity index (χ0n) is 9.74. The standard InChI is InChI=1S/C11H19N3O2S/c15-10(16)9-8(5-6-12-9)14-11(17)13-7-3-1-2-4-7/h7-9,12H,1-6H2,(H,15,16)(H2,13,14,17)/t8?,9-/m0/s1. The molecule has 4 N–H and O–H groups in total. The number of carboxylic acids is 1. The lowest BCUT2D eigenvalue weighted by Crippen LogP contribution is -2.51. The van der Waals surface area contributed by atoms with Gasteiger partial charge in [0.25, 0.3) is 0 Å². The Hall–Kier alpha value is -0.880. The normalized spacial score (nSPS) is 29.2. The lowest BCUT2D eigenvalue weighted by molar-refractivity contribution is -0.139. The minimum atomic E-state index is -0.816. The first-order chi connectivity index (χ1) is 8.16. The zero-order chi connectivity index (χ0) is 12.3. The van der Waals surface area contributed by atoms with Gasteiger partial charge in [-0.25, -0.2) is 0 Å². The summed E-state index contributed by atoms with van der Waals surface area (Å²) in [4.78, 5) is 11.0. The Kier molecular flexibility index (Phi) is 4.17. The summed E-state index contributed by atoms with van der Waals surface area (Å²) >= 11 is 5.22. The second-order valence-corrected chi connectivity index (χ2v) is 5.17. The number of carboxylic acid groups (broad SMARTS) is 1. The monoisotopic (exact) mass is 257 g/mol. The van der Waals surface area contributed by atoms with Crippen LogP contribution in [-0.2, 0) is 4.79 Å². The molecule has 0 radical (unpaired) electrons. The van der Waals surface area contributed by atoms with Gasteiger partial charge >= 0.3 is 5.97 Å². The number of rotatable bonds is 3. The van der Waals surface area contributed by atoms with E-state index in [4.69, 9.17) is 17.3 Å². The highest BCUT2D eigenvalue weighted by atomic mass is 32.1. The molecule has 0 aromatic rings. The van der Waals surface area contributed by atoms with Gasteiger partial charge in [-0.1, -0.05) is 12.8 Å². The molecule has 6 heteroatoms. The summed E-state index contributed by atoms with van der Waals surface area (Å²) < 4.78 is 0. The number of carbonyl (C=O) groups is 1. The zero-order valence-corrected chi connectivity index (χ0v) is 10.6. The Labute approximate surface area is 106 Å². The van der Waals surface area contributed by atoms with Crippen LogP contribution in [0.25, 0.3) is 0 Å². The fourth-order valence-electron chi connectivity index (χ4n) is 2.58. The van der Waals surface area contributed by atoms with Gasteiger partial charge in [0.1, 0.15) is 6.04 Å². The molecule has 1 aliphatic carbocycles. The van der Waals surface area contributed by atoms with Crippen LogP contribution in [0.3, 0.4) is 0 Å². The van der Waals surface area contributed by atoms with Crippen molar-refractivity contribution in [3.63, 3.8) is 0 Å². The second-order valence-electron chi connectivity index (χ2n) is 4.76. The number of hydrogen-bond acceptors (Lipinski definition) is 3. The van der Waals surface area contributed by atoms with Crippen molar-refractivity contribution < 1.29 is 9.90 Å². The average molecular weight is 257 g/mol. The molecule has 2 atom stereocenters. The van der Waals surface area contributed by atoms with Crippen LogP contribution in [0.2, 0.25) is 0 Å². The molecule has 0 aromatic carbocycles. The average Bonchev–Trinajstić information content (AvgIpc) is 2.88. The molecule has 1 heterocycles. The summed E-state index contributed by atoms with van der Waals surface area (Å²) in [6, 6.07) is -0.167. The van der Waals surface area contributed by atoms with Crippen molar-refractivity contribution in [3.8, 4) is 0 Å². The molecule has 0 aromatic heterocycles. The topological polar surface area (TPSA) is 73.4 Å². The Bertz CT molecular complexity index is 305. The van der Waals surface area contributed by atoms with Crippen molar-refractivity contribution >= 4 is 23.3 Å². The molecule has 0 amide bonds. The highest BCUT2D eigenvalue weighted by Crippen LogP contribution is 2.17. The highest BCUT2D eigenvalue weighted by Gasteiger charge is 2.33. The van der Waals surface area contributed by atoms with Crippen molar-refractivity contribution in [1.29, 1.82) is 0 Å². The highest BCUT2D eigenvalue weighted by molar-refractivity contribution is 7.80. The second kappa shape index (κ2) is 5.64. The van der Waals surface area contributed by atoms with Crippen molar-refractivity contribution in [2.24, 2.45) is 0 Å². The van der Waals surface area contributed by atoms with E-state index in [1.54, 1.807) is 0 Å². The molecule has 1 aliphatic heterocycles. The number of thiocarbonyl (C=S) groups is 1. The summed E-state index contributed by atoms with van der Waals surface area (Å²) in [6.07, 6.45) is 5.62. The Morgan fingerprint density at radius 2 is 1.94 bits per heavy atom. The summed E-state index contributed by atoms with van der Waals surface area (Å²) in [5, 5.41) is 18.9. The van der Waals surface area contributed by atoms with E-state index in [0.29, 0.717) is 11.2 Å². The Morgan fingerprint density at radius 3 is 2.59 bits per heavy atom. The van der Waals surface area contributed by atoms with Crippen molar-refractivity contribution in [2.75, 3.05) is 6.54 Å². The molecule has 1 saturated carbocycles. The first kappa shape index (κ1) is 12.6. The molecule has 0 bridgehead atoms. The molecule has 2 aliphatic rings. The van der Waals surface area contributed by atoms with Crippen LogP contribution in [0.4, 0.5) is 0 Å². The number of nitrogens with one attached hydrogen (secondary N) is 3. The van der Waals surface area contributed by atoms with Crippen LogP contribution in [0.5, 0.6) is 0 Å². The van der Waals surface area contributed by atoms with Crippen molar-refractivity contribution in [1.82, 2.24) is 16.0 Å². The molecular formula is C11H19N3O2S. The number of aliphatic carboxylic acids is 1. The Balaban J connectivity index is 1.79. The van der Waals surface area contributed by atoms with Gasteiger partial charge < -0.3 is 21.1 Å². The van der Waals surface area contributed by atoms with Crippen LogP contribution in [0.1, 0.15) is 32.1 Å². The molecule has 17 heavy (non-hydrogen) atoms. The smallest absolute Gasteiger partial charge is 0.322 e. The van der Waals surface area contributed by atoms with Crippen LogP contribution in [-0.4, -0.2) is 40.9 Å². The van der Waals surface area contributed by atoms with Crippen molar-refractivity contribution in [2.45, 2.75) is 50.2 Å². The maximum Gasteiger partial charge on any atom is 0.322 e. The molecule has 1 saturated heterocycles. The van der Waals surface area contributed by atoms with E-state index < -0.39 is 12.0 Å². The quantitative estimate of drug-likeness (QED) is 0.542. The molecule has 0 spiro atoms. The van der Waals surface area contributed by atoms with Crippen LogP contribution in [0, 0.1) is 0 Å². The van der Waals surface area contributed by atoms with Gasteiger partial charge in [-0.3, -0.25) is 4.79 Å². The maximum atomic E-state index is 11.0. The lowest BCUT2D eigenvalue weighted by Gasteiger charge is -2.21. The van der Waals surface area contributed by atoms with Gasteiger partial charge in [-0.15, -0.1) is 0 Å². The van der Waals surface area contributed by atoms with Gasteiger partial charge in [-0.05, 0) is 38.0 Å². The van der Waals surface area contributed by atoms with Crippen LogP contribution in [0.15, 0.2) is 0 Å². The minimum Gasteiger partial charge on any atom is -0.480 e. The number of hydrogen-bond donors (Lipinski definition) is 4. The first-order valence-electron chi connectivity index (χ1n) is 6.20. The first-order valence-corrected chi connectivity index (χ1v) is 6.61. The predicted molar refractivity (Wildman–Crippen MR) is 69.0 cm³/mol. The molecule has 96 valence electrons. The minimum absolute atomic E-state index is 0.103. The Morgan fingerprint density at radius 1 is 1.24 bits per heavy atom. The third-order valence-electron chi connectivity index (χ3n) is 3.49. The van der Waals surface area contributed by atoms with E-state index >= 15 is 0 Å². The summed E-state index contributed by atoms with van der Waals surface area (Å²) in [6.45, 7) is 0.723. The van der Waals surface area contributed by atoms with E-state index in [2.05, 4.69) is 16.0 Å². The van der Waals surface area contributed by atoms with Gasteiger partial charge in [0.15, 0.2) is 5.11 Å². The van der Waals surface area contributed by atoms with Gasteiger partial charge in [0.2, 0.25) is 0 Å². The largest absolute Gasteiger partial charge is 0.480 e. The summed E-state index contributed by atoms with van der Waals surface area (Å²) in [5.41, 5.74) is 0. The third-order valence-corrected chi connectivity index (χ3v) is 3.73. The van der Waals surface area contributed by atoms with E-state index in [0.717, 1.165) is 25.8 Å². The van der Waals surface area contributed by atoms with E-state index in [-0.39, 0.29) is 6.04 Å². The fraction of sp³-hybridized carbons (Fsp3) is 0.818. The third kappa shape index (κ3) is 3.29. The lowest BCUT2D eigenvalue weighted by atomic mass is 10.1. The molecular weight excluding hydrogens is 238 g/mol. The van der Waals surface area contributed by atoms with Gasteiger partial charge in [-0.2, -0.15) is 0 Å². The molecule has 1 unspecified atom stereocenters. The summed E-state index contributed by atoms with van der Waals surface area (Å²) in [7, 11) is 0. The molecule has 2 rings (SSSR count). The van der Waals surface area contributed by atoms with Crippen LogP contribution >= 0.6 is 12.2 Å². The van der Waals surface area contributed by atoms with E-state index in [9.17, 15) is 4.79 Å². The van der Waals surface area contributed by atoms with Crippen LogP contribution < -0.4 is 16.0 Å². The van der Waals surface area contributed by atoms with Crippen molar-refractivity contribution in [3.05, 3.63) is 0 Å². The maximum absolute atomic E-state index is 11.0. The molecule has 2 fully saturated rings. The van der Waals surface area contributed by atoms with Gasteiger partial charge in [0.05, 0.1) is 6.04 Å².